The van der Waals surface area contributed by atoms with Gasteiger partial charge in [0.05, 0.1) is 17.6 Å². The smallest absolute Gasteiger partial charge is 0.416 e. The van der Waals surface area contributed by atoms with E-state index in [2.05, 4.69) is 20.0 Å². The van der Waals surface area contributed by atoms with Crippen molar-refractivity contribution in [2.45, 2.75) is 11.1 Å². The maximum Gasteiger partial charge on any atom is 0.416 e. The lowest BCUT2D eigenvalue weighted by molar-refractivity contribution is -0.137. The van der Waals surface area contributed by atoms with Gasteiger partial charge in [0.2, 0.25) is 15.9 Å². The highest BCUT2D eigenvalue weighted by molar-refractivity contribution is 7.89. The van der Waals surface area contributed by atoms with Crippen LogP contribution in [0, 0.1) is 0 Å². The molecule has 0 aliphatic rings. The summed E-state index contributed by atoms with van der Waals surface area (Å²) < 4.78 is 77.1. The number of ether oxygens (including phenoxy) is 2. The maximum absolute atomic E-state index is 12.7. The third-order valence-electron chi connectivity index (χ3n) is 4.70. The number of nitrogens with zero attached hydrogens (tertiary/aromatic N) is 4. The molecule has 2 aromatic carbocycles. The highest BCUT2D eigenvalue weighted by Gasteiger charge is 2.30. The summed E-state index contributed by atoms with van der Waals surface area (Å²) in [5.74, 6) is 1.30. The second-order valence-electron chi connectivity index (χ2n) is 6.97. The average molecular weight is 493 g/mol. The van der Waals surface area contributed by atoms with Gasteiger partial charge in [-0.25, -0.2) is 13.1 Å². The van der Waals surface area contributed by atoms with Gasteiger partial charge in [-0.05, 0) is 42.5 Å². The first kappa shape index (κ1) is 23.4. The van der Waals surface area contributed by atoms with E-state index >= 15 is 0 Å². The van der Waals surface area contributed by atoms with E-state index in [1.165, 1.54) is 4.52 Å². The van der Waals surface area contributed by atoms with Gasteiger partial charge in [0.1, 0.15) is 12.4 Å². The van der Waals surface area contributed by atoms with Gasteiger partial charge < -0.3 is 9.47 Å². The quantitative estimate of drug-likeness (QED) is 0.376. The largest absolute Gasteiger partial charge is 0.497 e. The van der Waals surface area contributed by atoms with Crippen molar-refractivity contribution < 1.29 is 31.1 Å². The molecular weight excluding hydrogens is 475 g/mol. The fourth-order valence-electron chi connectivity index (χ4n) is 3.03. The van der Waals surface area contributed by atoms with Crippen LogP contribution in [-0.2, 0) is 16.2 Å². The standard InChI is InChI=1S/C21H18F3N5O4S/c1-32-16-4-2-3-14(13-16)20-27-26-18-9-10-19(28-29(18)20)33-12-11-25-34(30,31)17-7-5-15(6-8-17)21(22,23)24/h2-10,13,25H,11-12H2,1H3. The number of hydrogen-bond acceptors (Lipinski definition) is 7. The Morgan fingerprint density at radius 1 is 1.03 bits per heavy atom. The van der Waals surface area contributed by atoms with Gasteiger partial charge in [-0.3, -0.25) is 0 Å². The molecule has 0 bridgehead atoms. The van der Waals surface area contributed by atoms with Crippen molar-refractivity contribution in [3.8, 4) is 23.0 Å². The van der Waals surface area contributed by atoms with E-state index in [0.29, 0.717) is 29.4 Å². The number of benzene rings is 2. The normalized spacial score (nSPS) is 12.1. The third kappa shape index (κ3) is 5.10. The molecule has 178 valence electrons. The van der Waals surface area contributed by atoms with Crippen LogP contribution in [0.5, 0.6) is 11.6 Å². The van der Waals surface area contributed by atoms with Gasteiger partial charge in [0, 0.05) is 18.2 Å². The van der Waals surface area contributed by atoms with E-state index in [0.717, 1.165) is 17.7 Å². The van der Waals surface area contributed by atoms with E-state index in [9.17, 15) is 21.6 Å². The minimum Gasteiger partial charge on any atom is -0.497 e. The van der Waals surface area contributed by atoms with Gasteiger partial charge >= 0.3 is 6.18 Å². The highest BCUT2D eigenvalue weighted by Crippen LogP contribution is 2.29. The first-order chi connectivity index (χ1) is 16.2. The monoisotopic (exact) mass is 493 g/mol. The Bertz CT molecular complexity index is 1410. The van der Waals surface area contributed by atoms with Crippen molar-refractivity contribution in [2.75, 3.05) is 20.3 Å². The Morgan fingerprint density at radius 2 is 1.79 bits per heavy atom. The summed E-state index contributed by atoms with van der Waals surface area (Å²) in [5.41, 5.74) is 0.271. The molecule has 2 aromatic heterocycles. The number of aromatic nitrogens is 4. The zero-order valence-corrected chi connectivity index (χ0v) is 18.5. The molecule has 9 nitrogen and oxygen atoms in total. The Hall–Kier alpha value is -3.71. The predicted octanol–water partition coefficient (Wildman–Crippen LogP) is 3.18. The molecule has 4 rings (SSSR count). The Labute approximate surface area is 192 Å². The van der Waals surface area contributed by atoms with Crippen molar-refractivity contribution in [2.24, 2.45) is 0 Å². The fourth-order valence-corrected chi connectivity index (χ4v) is 4.04. The minimum atomic E-state index is -4.55. The molecule has 4 aromatic rings. The van der Waals surface area contributed by atoms with Gasteiger partial charge in [0.15, 0.2) is 11.5 Å². The van der Waals surface area contributed by atoms with Crippen molar-refractivity contribution >= 4 is 15.7 Å². The van der Waals surface area contributed by atoms with Crippen LogP contribution < -0.4 is 14.2 Å². The van der Waals surface area contributed by atoms with Gasteiger partial charge in [0.25, 0.3) is 0 Å². The number of rotatable bonds is 8. The number of methoxy groups -OCH3 is 1. The van der Waals surface area contributed by atoms with Crippen LogP contribution in [0.25, 0.3) is 17.0 Å². The number of sulfonamides is 1. The lowest BCUT2D eigenvalue weighted by Gasteiger charge is -2.10. The summed E-state index contributed by atoms with van der Waals surface area (Å²) in [6, 6.07) is 13.6. The van der Waals surface area contributed by atoms with E-state index in [1.807, 2.05) is 6.07 Å². The molecule has 0 saturated heterocycles. The highest BCUT2D eigenvalue weighted by atomic mass is 32.2. The molecule has 0 aliphatic heterocycles. The van der Waals surface area contributed by atoms with E-state index in [1.54, 1.807) is 37.4 Å². The third-order valence-corrected chi connectivity index (χ3v) is 6.18. The molecule has 0 aliphatic carbocycles. The fraction of sp³-hybridized carbons (Fsp3) is 0.190. The van der Waals surface area contributed by atoms with E-state index in [-0.39, 0.29) is 23.9 Å². The maximum atomic E-state index is 12.7. The summed E-state index contributed by atoms with van der Waals surface area (Å²) >= 11 is 0. The first-order valence-electron chi connectivity index (χ1n) is 9.84. The van der Waals surface area contributed by atoms with Gasteiger partial charge in [-0.15, -0.1) is 15.3 Å². The van der Waals surface area contributed by atoms with E-state index in [4.69, 9.17) is 9.47 Å². The average Bonchev–Trinajstić information content (AvgIpc) is 3.25. The van der Waals surface area contributed by atoms with Crippen LogP contribution in [0.1, 0.15) is 5.56 Å². The summed E-state index contributed by atoms with van der Waals surface area (Å²) in [6.07, 6.45) is -4.55. The van der Waals surface area contributed by atoms with Crippen molar-refractivity contribution in [3.63, 3.8) is 0 Å². The van der Waals surface area contributed by atoms with Crippen LogP contribution >= 0.6 is 0 Å². The molecule has 34 heavy (non-hydrogen) atoms. The second kappa shape index (κ2) is 9.27. The molecular formula is C21H18F3N5O4S. The Kier molecular flexibility index (Phi) is 6.39. The molecule has 0 fully saturated rings. The summed E-state index contributed by atoms with van der Waals surface area (Å²) in [4.78, 5) is -0.285. The predicted molar refractivity (Wildman–Crippen MR) is 115 cm³/mol. The summed E-state index contributed by atoms with van der Waals surface area (Å²) in [5, 5.41) is 12.5. The topological polar surface area (TPSA) is 108 Å². The molecule has 0 radical (unpaired) electrons. The van der Waals surface area contributed by atoms with Crippen molar-refractivity contribution in [3.05, 3.63) is 66.2 Å². The van der Waals surface area contributed by atoms with Crippen LogP contribution in [0.2, 0.25) is 0 Å². The van der Waals surface area contributed by atoms with E-state index < -0.39 is 21.8 Å². The molecule has 0 amide bonds. The van der Waals surface area contributed by atoms with Crippen LogP contribution in [0.4, 0.5) is 13.2 Å². The molecule has 2 heterocycles. The molecule has 1 N–H and O–H groups in total. The second-order valence-corrected chi connectivity index (χ2v) is 8.73. The number of fused-ring (bicyclic) bond motifs is 1. The van der Waals surface area contributed by atoms with Crippen LogP contribution in [-0.4, -0.2) is 48.5 Å². The Morgan fingerprint density at radius 3 is 2.50 bits per heavy atom. The van der Waals surface area contributed by atoms with Gasteiger partial charge in [-0.2, -0.15) is 17.7 Å². The minimum absolute atomic E-state index is 0.0744. The van der Waals surface area contributed by atoms with Crippen LogP contribution in [0.3, 0.4) is 0 Å². The number of hydrogen-bond donors (Lipinski definition) is 1. The molecule has 13 heteroatoms. The molecule has 0 spiro atoms. The zero-order valence-electron chi connectivity index (χ0n) is 17.7. The summed E-state index contributed by atoms with van der Waals surface area (Å²) in [6.45, 7) is -0.205. The zero-order chi connectivity index (χ0) is 24.3. The number of halogens is 3. The molecule has 0 unspecified atom stereocenters. The van der Waals surface area contributed by atoms with Crippen LogP contribution in [0.15, 0.2) is 65.6 Å². The number of alkyl halides is 3. The summed E-state index contributed by atoms with van der Waals surface area (Å²) in [7, 11) is -2.45. The number of nitrogens with one attached hydrogen (secondary N) is 1. The lowest BCUT2D eigenvalue weighted by Crippen LogP contribution is -2.28. The molecule has 0 saturated carbocycles. The first-order valence-corrected chi connectivity index (χ1v) is 11.3. The van der Waals surface area contributed by atoms with Crippen molar-refractivity contribution in [1.29, 1.82) is 0 Å². The lowest BCUT2D eigenvalue weighted by atomic mass is 10.2. The SMILES string of the molecule is COc1cccc(-c2nnc3ccc(OCCNS(=O)(=O)c4ccc(C(F)(F)F)cc4)nn23)c1. The molecule has 0 atom stereocenters. The van der Waals surface area contributed by atoms with Crippen molar-refractivity contribution in [1.82, 2.24) is 24.5 Å². The Balaban J connectivity index is 1.41. The van der Waals surface area contributed by atoms with Gasteiger partial charge in [-0.1, -0.05) is 12.1 Å².